The van der Waals surface area contributed by atoms with Crippen molar-refractivity contribution in [3.8, 4) is 11.5 Å². The highest BCUT2D eigenvalue weighted by Gasteiger charge is 2.25. The fraction of sp³-hybridized carbons (Fsp3) is 0.562. The van der Waals surface area contributed by atoms with Gasteiger partial charge < -0.3 is 18.9 Å². The third-order valence-electron chi connectivity index (χ3n) is 3.69. The van der Waals surface area contributed by atoms with E-state index in [9.17, 15) is 4.79 Å². The Morgan fingerprint density at radius 2 is 1.57 bits per heavy atom. The molecule has 21 heavy (non-hydrogen) atoms. The molecule has 0 spiro atoms. The maximum Gasteiger partial charge on any atom is 0.188 e. The Balaban J connectivity index is 2.39. The maximum atomic E-state index is 11.1. The molecule has 1 aliphatic carbocycles. The summed E-state index contributed by atoms with van der Waals surface area (Å²) < 4.78 is 21.3. The van der Waals surface area contributed by atoms with Crippen LogP contribution in [0.4, 0.5) is 0 Å². The average Bonchev–Trinajstić information content (AvgIpc) is 3.04. The molecule has 0 amide bonds. The van der Waals surface area contributed by atoms with E-state index in [4.69, 9.17) is 18.9 Å². The molecule has 0 radical (unpaired) electrons. The van der Waals surface area contributed by atoms with Crippen molar-refractivity contribution in [2.24, 2.45) is 0 Å². The molecule has 5 nitrogen and oxygen atoms in total. The Labute approximate surface area is 125 Å². The molecule has 1 aliphatic rings. The summed E-state index contributed by atoms with van der Waals surface area (Å²) in [5, 5.41) is 0. The van der Waals surface area contributed by atoms with Gasteiger partial charge in [-0.25, -0.2) is 0 Å². The van der Waals surface area contributed by atoms with Crippen LogP contribution in [0.15, 0.2) is 12.1 Å². The molecule has 0 N–H and O–H groups in total. The molecule has 0 unspecified atom stereocenters. The first-order valence-electron chi connectivity index (χ1n) is 7.16. The summed E-state index contributed by atoms with van der Waals surface area (Å²) in [5.41, 5.74) is 1.54. The summed E-state index contributed by atoms with van der Waals surface area (Å²) >= 11 is 0. The van der Waals surface area contributed by atoms with Gasteiger partial charge in [-0.3, -0.25) is 4.79 Å². The molecule has 5 heteroatoms. The number of methoxy groups -OCH3 is 2. The highest BCUT2D eigenvalue weighted by Crippen LogP contribution is 2.44. The third kappa shape index (κ3) is 3.95. The van der Waals surface area contributed by atoms with Crippen LogP contribution in [0.25, 0.3) is 0 Å². The molecule has 0 bridgehead atoms. The quantitative estimate of drug-likeness (QED) is 0.544. The summed E-state index contributed by atoms with van der Waals surface area (Å²) in [6.45, 7) is 0.289. The Morgan fingerprint density at radius 1 is 1.05 bits per heavy atom. The number of rotatable bonds is 8. The first kappa shape index (κ1) is 15.8. The van der Waals surface area contributed by atoms with Crippen LogP contribution in [0.1, 0.15) is 47.5 Å². The van der Waals surface area contributed by atoms with Gasteiger partial charge in [-0.2, -0.15) is 0 Å². The molecule has 1 aromatic carbocycles. The first-order chi connectivity index (χ1) is 10.3. The van der Waals surface area contributed by atoms with Crippen LogP contribution in [0.5, 0.6) is 11.5 Å². The van der Waals surface area contributed by atoms with Gasteiger partial charge in [0.1, 0.15) is 17.8 Å². The monoisotopic (exact) mass is 294 g/mol. The molecule has 0 atom stereocenters. The molecule has 0 aliphatic heterocycles. The van der Waals surface area contributed by atoms with E-state index in [1.54, 1.807) is 26.4 Å². The van der Waals surface area contributed by atoms with E-state index >= 15 is 0 Å². The van der Waals surface area contributed by atoms with E-state index < -0.39 is 0 Å². The van der Waals surface area contributed by atoms with Gasteiger partial charge in [0, 0.05) is 25.3 Å². The van der Waals surface area contributed by atoms with Gasteiger partial charge in [0.2, 0.25) is 0 Å². The number of benzene rings is 1. The maximum absolute atomic E-state index is 11.1. The van der Waals surface area contributed by atoms with E-state index in [-0.39, 0.29) is 13.6 Å². The lowest BCUT2D eigenvalue weighted by Gasteiger charge is -2.20. The summed E-state index contributed by atoms with van der Waals surface area (Å²) in [7, 11) is 3.14. The molecule has 116 valence electrons. The van der Waals surface area contributed by atoms with Crippen molar-refractivity contribution in [2.45, 2.75) is 31.6 Å². The van der Waals surface area contributed by atoms with Gasteiger partial charge in [-0.1, -0.05) is 12.8 Å². The minimum Gasteiger partial charge on any atom is -0.467 e. The number of hydrogen-bond acceptors (Lipinski definition) is 5. The molecule has 0 saturated heterocycles. The molecule has 1 fully saturated rings. The van der Waals surface area contributed by atoms with Crippen molar-refractivity contribution in [1.29, 1.82) is 0 Å². The second kappa shape index (κ2) is 8.00. The zero-order chi connectivity index (χ0) is 15.1. The van der Waals surface area contributed by atoms with Crippen LogP contribution >= 0.6 is 0 Å². The van der Waals surface area contributed by atoms with Crippen molar-refractivity contribution < 1.29 is 23.7 Å². The fourth-order valence-electron chi connectivity index (χ4n) is 2.79. The van der Waals surface area contributed by atoms with Crippen LogP contribution < -0.4 is 9.47 Å². The number of ether oxygens (including phenoxy) is 4. The van der Waals surface area contributed by atoms with E-state index in [0.29, 0.717) is 23.0 Å². The lowest BCUT2D eigenvalue weighted by Crippen LogP contribution is -2.09. The van der Waals surface area contributed by atoms with E-state index in [0.717, 1.165) is 24.7 Å². The molecular weight excluding hydrogens is 272 g/mol. The Hall–Kier alpha value is -1.59. The van der Waals surface area contributed by atoms with Gasteiger partial charge in [0.05, 0.1) is 0 Å². The van der Waals surface area contributed by atoms with Gasteiger partial charge in [0.25, 0.3) is 0 Å². The fourth-order valence-corrected chi connectivity index (χ4v) is 2.79. The lowest BCUT2D eigenvalue weighted by molar-refractivity contribution is 0.0440. The van der Waals surface area contributed by atoms with Gasteiger partial charge in [-0.15, -0.1) is 0 Å². The van der Waals surface area contributed by atoms with Crippen LogP contribution in [-0.4, -0.2) is 34.1 Å². The van der Waals surface area contributed by atoms with E-state index in [1.165, 1.54) is 12.8 Å². The SMILES string of the molecule is COCOc1cc(C=O)cc(OCOC)c1C1CCCC1. The van der Waals surface area contributed by atoms with Crippen LogP contribution in [0.3, 0.4) is 0 Å². The van der Waals surface area contributed by atoms with Crippen molar-refractivity contribution in [2.75, 3.05) is 27.8 Å². The summed E-state index contributed by atoms with van der Waals surface area (Å²) in [5.74, 6) is 1.73. The van der Waals surface area contributed by atoms with E-state index in [1.807, 2.05) is 0 Å². The topological polar surface area (TPSA) is 54.0 Å². The third-order valence-corrected chi connectivity index (χ3v) is 3.69. The molecule has 0 heterocycles. The Kier molecular flexibility index (Phi) is 6.02. The average molecular weight is 294 g/mol. The minimum atomic E-state index is 0.145. The standard InChI is InChI=1S/C16H22O5/c1-18-10-20-14-7-12(9-17)8-15(21-11-19-2)16(14)13-5-3-4-6-13/h7-9,13H,3-6,10-11H2,1-2H3. The highest BCUT2D eigenvalue weighted by molar-refractivity contribution is 5.77. The van der Waals surface area contributed by atoms with E-state index in [2.05, 4.69) is 0 Å². The van der Waals surface area contributed by atoms with Crippen molar-refractivity contribution in [1.82, 2.24) is 0 Å². The van der Waals surface area contributed by atoms with Crippen LogP contribution in [0, 0.1) is 0 Å². The van der Waals surface area contributed by atoms with Gasteiger partial charge in [0.15, 0.2) is 13.6 Å². The molecule has 0 aromatic heterocycles. The predicted octanol–water partition coefficient (Wildman–Crippen LogP) is 3.12. The second-order valence-corrected chi connectivity index (χ2v) is 5.13. The Bertz CT molecular complexity index is 437. The number of aldehydes is 1. The number of carbonyl (C=O) groups excluding carboxylic acids is 1. The van der Waals surface area contributed by atoms with Crippen molar-refractivity contribution >= 4 is 6.29 Å². The van der Waals surface area contributed by atoms with Crippen molar-refractivity contribution in [3.05, 3.63) is 23.3 Å². The first-order valence-corrected chi connectivity index (χ1v) is 7.16. The highest BCUT2D eigenvalue weighted by atomic mass is 16.7. The number of carbonyl (C=O) groups is 1. The van der Waals surface area contributed by atoms with Crippen LogP contribution in [-0.2, 0) is 9.47 Å². The smallest absolute Gasteiger partial charge is 0.188 e. The summed E-state index contributed by atoms with van der Waals surface area (Å²) in [6.07, 6.45) is 5.40. The number of hydrogen-bond donors (Lipinski definition) is 0. The minimum absolute atomic E-state index is 0.145. The Morgan fingerprint density at radius 3 is 2.00 bits per heavy atom. The zero-order valence-electron chi connectivity index (χ0n) is 12.6. The van der Waals surface area contributed by atoms with Crippen LogP contribution in [0.2, 0.25) is 0 Å². The predicted molar refractivity (Wildman–Crippen MR) is 78.0 cm³/mol. The lowest BCUT2D eigenvalue weighted by atomic mass is 9.94. The summed E-state index contributed by atoms with van der Waals surface area (Å²) in [6, 6.07) is 3.50. The molecule has 1 aromatic rings. The molecular formula is C16H22O5. The largest absolute Gasteiger partial charge is 0.467 e. The molecule has 2 rings (SSSR count). The molecule has 1 saturated carbocycles. The van der Waals surface area contributed by atoms with Crippen molar-refractivity contribution in [3.63, 3.8) is 0 Å². The zero-order valence-corrected chi connectivity index (χ0v) is 12.6. The summed E-state index contributed by atoms with van der Waals surface area (Å²) in [4.78, 5) is 11.1. The second-order valence-electron chi connectivity index (χ2n) is 5.13. The van der Waals surface area contributed by atoms with Gasteiger partial charge in [-0.05, 0) is 30.9 Å². The van der Waals surface area contributed by atoms with Gasteiger partial charge >= 0.3 is 0 Å². The normalized spacial score (nSPS) is 15.1.